The molecule has 1 fully saturated rings. The molecule has 1 aliphatic rings. The number of rotatable bonds is 3. The van der Waals surface area contributed by atoms with E-state index in [1.165, 1.54) is 7.11 Å². The Balaban J connectivity index is 2.26. The van der Waals surface area contributed by atoms with Crippen molar-refractivity contribution in [3.63, 3.8) is 0 Å². The maximum atomic E-state index is 12.4. The highest BCUT2D eigenvalue weighted by Gasteiger charge is 2.23. The predicted octanol–water partition coefficient (Wildman–Crippen LogP) is 1.89. The number of carbonyl (C=O) groups is 1. The fraction of sp³-hybridized carbons (Fsp3) is 0.417. The van der Waals surface area contributed by atoms with Crippen molar-refractivity contribution >= 4 is 15.9 Å². The number of benzene rings is 1. The summed E-state index contributed by atoms with van der Waals surface area (Å²) >= 11 is 0. The third-order valence-corrected chi connectivity index (χ3v) is 5.03. The summed E-state index contributed by atoms with van der Waals surface area (Å²) in [6.07, 6.45) is 1.96. The lowest BCUT2D eigenvalue weighted by molar-refractivity contribution is 0.0600. The summed E-state index contributed by atoms with van der Waals surface area (Å²) in [5.74, 6) is -0.431. The first-order chi connectivity index (χ1) is 8.55. The van der Waals surface area contributed by atoms with Crippen molar-refractivity contribution in [2.45, 2.75) is 17.7 Å². The normalized spacial score (nSPS) is 19.4. The third kappa shape index (κ3) is 2.39. The Kier molecular flexibility index (Phi) is 3.68. The van der Waals surface area contributed by atoms with E-state index >= 15 is 0 Å². The number of ether oxygens (including phenoxy) is 1. The molecule has 0 bridgehead atoms. The van der Waals surface area contributed by atoms with E-state index in [1.807, 2.05) is 0 Å². The van der Waals surface area contributed by atoms with Crippen LogP contribution in [-0.4, -0.2) is 34.7 Å². The molecule has 0 saturated carbocycles. The van der Waals surface area contributed by atoms with Crippen molar-refractivity contribution in [3.05, 3.63) is 29.8 Å². The summed E-state index contributed by atoms with van der Waals surface area (Å²) in [6, 6.07) is 6.23. The van der Waals surface area contributed by atoms with Crippen molar-refractivity contribution < 1.29 is 13.7 Å². The minimum atomic E-state index is -2.91. The predicted molar refractivity (Wildman–Crippen MR) is 67.7 cm³/mol. The molecule has 2 rings (SSSR count). The molecule has 0 aliphatic carbocycles. The molecule has 1 unspecified atom stereocenters. The van der Waals surface area contributed by atoms with Crippen LogP contribution in [0.2, 0.25) is 0 Å². The first kappa shape index (κ1) is 13.0. The zero-order chi connectivity index (χ0) is 13.2. The second-order valence-electron chi connectivity index (χ2n) is 4.18. The molecule has 1 saturated heterocycles. The summed E-state index contributed by atoms with van der Waals surface area (Å²) in [4.78, 5) is 11.7. The van der Waals surface area contributed by atoms with Gasteiger partial charge in [-0.15, -0.1) is 0 Å². The highest BCUT2D eigenvalue weighted by atomic mass is 32.2. The van der Waals surface area contributed by atoms with E-state index in [1.54, 1.807) is 28.6 Å². The smallest absolute Gasteiger partial charge is 0.337 e. The van der Waals surface area contributed by atoms with E-state index in [9.17, 15) is 9.00 Å². The highest BCUT2D eigenvalue weighted by molar-refractivity contribution is 7.90. The molecule has 0 amide bonds. The van der Waals surface area contributed by atoms with Gasteiger partial charge in [0.15, 0.2) is 0 Å². The van der Waals surface area contributed by atoms with Gasteiger partial charge in [-0.3, -0.25) is 0 Å². The van der Waals surface area contributed by atoms with Crippen LogP contribution in [-0.2, 0) is 14.7 Å². The molecule has 0 aromatic heterocycles. The van der Waals surface area contributed by atoms with E-state index in [0.717, 1.165) is 12.8 Å². The molecule has 18 heavy (non-hydrogen) atoms. The largest absolute Gasteiger partial charge is 0.465 e. The summed E-state index contributed by atoms with van der Waals surface area (Å²) in [7, 11) is -1.59. The zero-order valence-electron chi connectivity index (χ0n) is 10.2. The Morgan fingerprint density at radius 3 is 2.33 bits per heavy atom. The highest BCUT2D eigenvalue weighted by Crippen LogP contribution is 2.21. The molecule has 1 aliphatic heterocycles. The van der Waals surface area contributed by atoms with Crippen LogP contribution in [0, 0.1) is 4.78 Å². The standard InChI is InChI=1S/C12H16N2O3S/c1-17-12(15)10-4-6-11(7-5-10)18(13,16)14-8-2-3-9-14/h4-7,13H,2-3,8-9H2,1H3. The van der Waals surface area contributed by atoms with Crippen LogP contribution in [0.5, 0.6) is 0 Å². The van der Waals surface area contributed by atoms with Gasteiger partial charge in [0.25, 0.3) is 0 Å². The second-order valence-corrected chi connectivity index (χ2v) is 6.22. The molecule has 98 valence electrons. The lowest BCUT2D eigenvalue weighted by Crippen LogP contribution is -2.26. The minimum absolute atomic E-state index is 0.401. The Labute approximate surface area is 107 Å². The number of nitrogens with one attached hydrogen (secondary N) is 1. The van der Waals surface area contributed by atoms with E-state index in [4.69, 9.17) is 4.78 Å². The van der Waals surface area contributed by atoms with Gasteiger partial charge in [-0.25, -0.2) is 18.1 Å². The van der Waals surface area contributed by atoms with E-state index < -0.39 is 15.9 Å². The average molecular weight is 268 g/mol. The first-order valence-electron chi connectivity index (χ1n) is 5.78. The van der Waals surface area contributed by atoms with Gasteiger partial charge in [0.1, 0.15) is 9.92 Å². The SMILES string of the molecule is COC(=O)c1ccc(S(=N)(=O)N2CCCC2)cc1. The van der Waals surface area contributed by atoms with Gasteiger partial charge in [0.05, 0.1) is 17.6 Å². The number of hydrogen-bond donors (Lipinski definition) is 1. The van der Waals surface area contributed by atoms with Gasteiger partial charge in [0, 0.05) is 13.1 Å². The molecular weight excluding hydrogens is 252 g/mol. The van der Waals surface area contributed by atoms with E-state index in [2.05, 4.69) is 4.74 Å². The van der Waals surface area contributed by atoms with Crippen LogP contribution in [0.1, 0.15) is 23.2 Å². The van der Waals surface area contributed by atoms with Crippen molar-refractivity contribution in [2.75, 3.05) is 20.2 Å². The third-order valence-electron chi connectivity index (χ3n) is 3.02. The lowest BCUT2D eigenvalue weighted by Gasteiger charge is -2.18. The molecule has 5 nitrogen and oxygen atoms in total. The van der Waals surface area contributed by atoms with Gasteiger partial charge >= 0.3 is 5.97 Å². The topological polar surface area (TPSA) is 70.5 Å². The Hall–Kier alpha value is -1.40. The molecule has 1 heterocycles. The maximum absolute atomic E-state index is 12.4. The number of methoxy groups -OCH3 is 1. The monoisotopic (exact) mass is 268 g/mol. The summed E-state index contributed by atoms with van der Waals surface area (Å²) in [5.41, 5.74) is 0.401. The maximum Gasteiger partial charge on any atom is 0.337 e. The number of esters is 1. The minimum Gasteiger partial charge on any atom is -0.465 e. The average Bonchev–Trinajstić information content (AvgIpc) is 2.92. The molecule has 6 heteroatoms. The molecule has 0 spiro atoms. The molecule has 1 atom stereocenters. The molecule has 1 aromatic carbocycles. The fourth-order valence-corrected chi connectivity index (χ4v) is 3.56. The molecular formula is C12H16N2O3S. The quantitative estimate of drug-likeness (QED) is 0.851. The van der Waals surface area contributed by atoms with Gasteiger partial charge in [-0.1, -0.05) is 0 Å². The Bertz CT molecular complexity index is 531. The Morgan fingerprint density at radius 1 is 1.28 bits per heavy atom. The zero-order valence-corrected chi connectivity index (χ0v) is 11.0. The van der Waals surface area contributed by atoms with Crippen LogP contribution in [0.25, 0.3) is 0 Å². The first-order valence-corrected chi connectivity index (χ1v) is 7.29. The van der Waals surface area contributed by atoms with Crippen LogP contribution < -0.4 is 0 Å². The Morgan fingerprint density at radius 2 is 1.83 bits per heavy atom. The van der Waals surface area contributed by atoms with Gasteiger partial charge in [-0.2, -0.15) is 0 Å². The second kappa shape index (κ2) is 5.07. The van der Waals surface area contributed by atoms with Crippen LogP contribution in [0.4, 0.5) is 0 Å². The fourth-order valence-electron chi connectivity index (χ4n) is 1.99. The van der Waals surface area contributed by atoms with Crippen molar-refractivity contribution in [3.8, 4) is 0 Å². The van der Waals surface area contributed by atoms with E-state index in [-0.39, 0.29) is 0 Å². The van der Waals surface area contributed by atoms with Crippen molar-refractivity contribution in [1.82, 2.24) is 4.31 Å². The van der Waals surface area contributed by atoms with E-state index in [0.29, 0.717) is 23.5 Å². The van der Waals surface area contributed by atoms with Gasteiger partial charge < -0.3 is 4.74 Å². The summed E-state index contributed by atoms with van der Waals surface area (Å²) in [5, 5.41) is 0. The number of nitrogens with zero attached hydrogens (tertiary/aromatic N) is 1. The van der Waals surface area contributed by atoms with Gasteiger partial charge in [0.2, 0.25) is 0 Å². The summed E-state index contributed by atoms with van der Waals surface area (Å²) in [6.45, 7) is 1.39. The number of carbonyl (C=O) groups excluding carboxylic acids is 1. The van der Waals surface area contributed by atoms with Gasteiger partial charge in [-0.05, 0) is 37.1 Å². The van der Waals surface area contributed by atoms with Crippen molar-refractivity contribution in [1.29, 1.82) is 4.78 Å². The molecule has 1 aromatic rings. The summed E-state index contributed by atoms with van der Waals surface area (Å²) < 4.78 is 26.7. The van der Waals surface area contributed by atoms with Crippen molar-refractivity contribution in [2.24, 2.45) is 0 Å². The van der Waals surface area contributed by atoms with Crippen LogP contribution >= 0.6 is 0 Å². The molecule has 0 radical (unpaired) electrons. The van der Waals surface area contributed by atoms with Crippen LogP contribution in [0.3, 0.4) is 0 Å². The molecule has 1 N–H and O–H groups in total. The number of hydrogen-bond acceptors (Lipinski definition) is 4. The lowest BCUT2D eigenvalue weighted by atomic mass is 10.2. The van der Waals surface area contributed by atoms with Crippen LogP contribution in [0.15, 0.2) is 29.2 Å².